The molecule has 31 heavy (non-hydrogen) atoms. The van der Waals surface area contributed by atoms with Crippen LogP contribution >= 0.6 is 0 Å². The standard InChI is InChI=1S/C25H29N3O3/c1-2-11-27-12-13-28(25(30)23-9-5-14-31-23)18-22(24(27)29)16-19-6-3-7-20(15-19)21-8-4-10-26-17-21/h2-4,6-8,10,15,17,22-23H,1,5,9,11-14,16,18H2/t22-,23+/m0/s1. The Kier molecular flexibility index (Phi) is 6.77. The van der Waals surface area contributed by atoms with E-state index >= 15 is 0 Å². The first-order valence-electron chi connectivity index (χ1n) is 10.9. The molecule has 3 heterocycles. The van der Waals surface area contributed by atoms with Crippen molar-refractivity contribution in [3.8, 4) is 11.1 Å². The molecule has 2 aliphatic heterocycles. The quantitative estimate of drug-likeness (QED) is 0.676. The molecule has 1 aromatic carbocycles. The van der Waals surface area contributed by atoms with Gasteiger partial charge in [-0.3, -0.25) is 14.6 Å². The van der Waals surface area contributed by atoms with Gasteiger partial charge in [0.2, 0.25) is 5.91 Å². The second-order valence-electron chi connectivity index (χ2n) is 8.20. The minimum absolute atomic E-state index is 0.0138. The number of pyridine rings is 1. The molecule has 0 aliphatic carbocycles. The van der Waals surface area contributed by atoms with E-state index in [0.717, 1.165) is 29.5 Å². The van der Waals surface area contributed by atoms with Gasteiger partial charge in [0.05, 0.1) is 5.92 Å². The monoisotopic (exact) mass is 419 g/mol. The zero-order chi connectivity index (χ0) is 21.6. The highest BCUT2D eigenvalue weighted by Crippen LogP contribution is 2.24. The molecule has 0 radical (unpaired) electrons. The van der Waals surface area contributed by atoms with Crippen molar-refractivity contribution in [2.45, 2.75) is 25.4 Å². The number of amides is 2. The summed E-state index contributed by atoms with van der Waals surface area (Å²) in [7, 11) is 0. The number of carbonyl (C=O) groups excluding carboxylic acids is 2. The van der Waals surface area contributed by atoms with Crippen molar-refractivity contribution < 1.29 is 14.3 Å². The molecule has 2 atom stereocenters. The second-order valence-corrected chi connectivity index (χ2v) is 8.20. The Morgan fingerprint density at radius 1 is 1.23 bits per heavy atom. The topological polar surface area (TPSA) is 62.7 Å². The van der Waals surface area contributed by atoms with Gasteiger partial charge in [0.1, 0.15) is 6.10 Å². The molecule has 0 spiro atoms. The Bertz CT molecular complexity index is 925. The van der Waals surface area contributed by atoms with Gasteiger partial charge in [0.25, 0.3) is 5.91 Å². The summed E-state index contributed by atoms with van der Waals surface area (Å²) in [6, 6.07) is 12.2. The lowest BCUT2D eigenvalue weighted by molar-refractivity contribution is -0.141. The Balaban J connectivity index is 1.55. The van der Waals surface area contributed by atoms with Crippen molar-refractivity contribution in [3.05, 3.63) is 67.0 Å². The van der Waals surface area contributed by atoms with Crippen molar-refractivity contribution >= 4 is 11.8 Å². The number of carbonyl (C=O) groups is 2. The highest BCUT2D eigenvalue weighted by molar-refractivity contribution is 5.84. The van der Waals surface area contributed by atoms with Gasteiger partial charge in [-0.2, -0.15) is 0 Å². The maximum atomic E-state index is 13.3. The molecule has 0 bridgehead atoms. The summed E-state index contributed by atoms with van der Waals surface area (Å²) in [5.41, 5.74) is 3.19. The summed E-state index contributed by atoms with van der Waals surface area (Å²) >= 11 is 0. The van der Waals surface area contributed by atoms with E-state index in [4.69, 9.17) is 4.74 Å². The smallest absolute Gasteiger partial charge is 0.251 e. The molecule has 162 valence electrons. The lowest BCUT2D eigenvalue weighted by Crippen LogP contribution is -2.42. The van der Waals surface area contributed by atoms with Gasteiger partial charge in [-0.05, 0) is 42.0 Å². The summed E-state index contributed by atoms with van der Waals surface area (Å²) in [6.45, 7) is 6.39. The number of nitrogens with zero attached hydrogens (tertiary/aromatic N) is 3. The van der Waals surface area contributed by atoms with Crippen LogP contribution in [0.3, 0.4) is 0 Å². The van der Waals surface area contributed by atoms with Gasteiger partial charge >= 0.3 is 0 Å². The zero-order valence-electron chi connectivity index (χ0n) is 17.8. The van der Waals surface area contributed by atoms with E-state index in [1.807, 2.05) is 46.3 Å². The first-order valence-corrected chi connectivity index (χ1v) is 10.9. The number of ether oxygens (including phenoxy) is 1. The van der Waals surface area contributed by atoms with Crippen molar-refractivity contribution in [2.75, 3.05) is 32.8 Å². The largest absolute Gasteiger partial charge is 0.368 e. The maximum Gasteiger partial charge on any atom is 0.251 e. The van der Waals surface area contributed by atoms with Crippen LogP contribution in [0.25, 0.3) is 11.1 Å². The van der Waals surface area contributed by atoms with Gasteiger partial charge in [0.15, 0.2) is 0 Å². The van der Waals surface area contributed by atoms with Crippen LogP contribution in [0.15, 0.2) is 61.4 Å². The summed E-state index contributed by atoms with van der Waals surface area (Å²) < 4.78 is 5.62. The molecule has 1 aromatic heterocycles. The summed E-state index contributed by atoms with van der Waals surface area (Å²) in [5.74, 6) is -0.203. The molecule has 2 aromatic rings. The molecule has 4 rings (SSSR count). The first kappa shape index (κ1) is 21.2. The highest BCUT2D eigenvalue weighted by Gasteiger charge is 2.35. The Morgan fingerprint density at radius 3 is 2.84 bits per heavy atom. The Morgan fingerprint density at radius 2 is 2.10 bits per heavy atom. The first-order chi connectivity index (χ1) is 15.2. The number of aromatic nitrogens is 1. The van der Waals surface area contributed by atoms with E-state index in [2.05, 4.69) is 17.6 Å². The molecule has 2 fully saturated rings. The predicted molar refractivity (Wildman–Crippen MR) is 119 cm³/mol. The summed E-state index contributed by atoms with van der Waals surface area (Å²) in [6.07, 6.45) is 7.23. The maximum absolute atomic E-state index is 13.3. The molecule has 2 aliphatic rings. The Hall–Kier alpha value is -2.99. The lowest BCUT2D eigenvalue weighted by atomic mass is 9.95. The molecule has 0 unspecified atom stereocenters. The van der Waals surface area contributed by atoms with Crippen LogP contribution in [-0.4, -0.2) is 65.5 Å². The van der Waals surface area contributed by atoms with E-state index in [9.17, 15) is 9.59 Å². The lowest BCUT2D eigenvalue weighted by Gasteiger charge is -2.25. The SMILES string of the molecule is C=CCN1CCN(C(=O)[C@H]2CCCO2)C[C@H](Cc2cccc(-c3cccnc3)c2)C1=O. The molecule has 2 amide bonds. The average Bonchev–Trinajstić information content (AvgIpc) is 3.30. The summed E-state index contributed by atoms with van der Waals surface area (Å²) in [5, 5.41) is 0. The fraction of sp³-hybridized carbons (Fsp3) is 0.400. The normalized spacial score (nSPS) is 21.7. The predicted octanol–water partition coefficient (Wildman–Crippen LogP) is 2.94. The van der Waals surface area contributed by atoms with Crippen LogP contribution in [0.1, 0.15) is 18.4 Å². The zero-order valence-corrected chi connectivity index (χ0v) is 17.8. The van der Waals surface area contributed by atoms with E-state index in [1.165, 1.54) is 0 Å². The van der Waals surface area contributed by atoms with Crippen LogP contribution < -0.4 is 0 Å². The third kappa shape index (κ3) is 5.02. The number of benzene rings is 1. The minimum atomic E-state index is -0.365. The van der Waals surface area contributed by atoms with Crippen LogP contribution in [-0.2, 0) is 20.7 Å². The third-order valence-corrected chi connectivity index (χ3v) is 6.01. The van der Waals surface area contributed by atoms with E-state index in [-0.39, 0.29) is 23.8 Å². The fourth-order valence-electron chi connectivity index (χ4n) is 4.41. The van der Waals surface area contributed by atoms with Crippen LogP contribution in [0.4, 0.5) is 0 Å². The van der Waals surface area contributed by atoms with E-state index in [0.29, 0.717) is 39.2 Å². The van der Waals surface area contributed by atoms with Crippen molar-refractivity contribution in [1.29, 1.82) is 0 Å². The number of hydrogen-bond donors (Lipinski definition) is 0. The van der Waals surface area contributed by atoms with Gasteiger partial charge in [0, 0.05) is 45.2 Å². The second kappa shape index (κ2) is 9.88. The van der Waals surface area contributed by atoms with Crippen molar-refractivity contribution in [2.24, 2.45) is 5.92 Å². The van der Waals surface area contributed by atoms with Crippen molar-refractivity contribution in [3.63, 3.8) is 0 Å². The van der Waals surface area contributed by atoms with Crippen molar-refractivity contribution in [1.82, 2.24) is 14.8 Å². The molecular weight excluding hydrogens is 390 g/mol. The highest BCUT2D eigenvalue weighted by atomic mass is 16.5. The average molecular weight is 420 g/mol. The number of hydrogen-bond acceptors (Lipinski definition) is 4. The summed E-state index contributed by atoms with van der Waals surface area (Å²) in [4.78, 5) is 34.1. The van der Waals surface area contributed by atoms with E-state index < -0.39 is 0 Å². The van der Waals surface area contributed by atoms with Gasteiger partial charge in [-0.1, -0.05) is 36.4 Å². The van der Waals surface area contributed by atoms with Crippen LogP contribution in [0.2, 0.25) is 0 Å². The van der Waals surface area contributed by atoms with Crippen LogP contribution in [0.5, 0.6) is 0 Å². The molecule has 0 saturated carbocycles. The minimum Gasteiger partial charge on any atom is -0.368 e. The number of rotatable bonds is 6. The van der Waals surface area contributed by atoms with Gasteiger partial charge < -0.3 is 14.5 Å². The Labute approximate surface area is 183 Å². The molecular formula is C25H29N3O3. The van der Waals surface area contributed by atoms with Crippen LogP contribution in [0, 0.1) is 5.92 Å². The van der Waals surface area contributed by atoms with Gasteiger partial charge in [-0.25, -0.2) is 0 Å². The molecule has 2 saturated heterocycles. The molecule has 0 N–H and O–H groups in total. The third-order valence-electron chi connectivity index (χ3n) is 6.01. The van der Waals surface area contributed by atoms with Gasteiger partial charge in [-0.15, -0.1) is 6.58 Å². The molecule has 6 nitrogen and oxygen atoms in total. The fourth-order valence-corrected chi connectivity index (χ4v) is 4.41. The molecule has 6 heteroatoms. The van der Waals surface area contributed by atoms with E-state index in [1.54, 1.807) is 12.3 Å².